The largest absolute Gasteiger partial charge is 0.466 e. The first kappa shape index (κ1) is 13.6. The SMILES string of the molecule is CCOC(=O)C(CS)CC(=O)C1CCCC1. The minimum atomic E-state index is -0.364. The van der Waals surface area contributed by atoms with Crippen molar-refractivity contribution >= 4 is 24.4 Å². The summed E-state index contributed by atoms with van der Waals surface area (Å²) in [6.07, 6.45) is 4.55. The maximum atomic E-state index is 11.9. The van der Waals surface area contributed by atoms with Gasteiger partial charge in [-0.15, -0.1) is 0 Å². The second-order valence-electron chi connectivity index (χ2n) is 4.28. The van der Waals surface area contributed by atoms with Gasteiger partial charge < -0.3 is 4.74 Å². The molecule has 0 radical (unpaired) electrons. The van der Waals surface area contributed by atoms with Crippen LogP contribution in [0.2, 0.25) is 0 Å². The number of carbonyl (C=O) groups is 2. The number of ether oxygens (including phenoxy) is 1. The van der Waals surface area contributed by atoms with Crippen LogP contribution in [-0.4, -0.2) is 24.1 Å². The van der Waals surface area contributed by atoms with E-state index < -0.39 is 0 Å². The molecule has 1 unspecified atom stereocenters. The molecule has 0 aromatic rings. The van der Waals surface area contributed by atoms with Crippen molar-refractivity contribution in [3.63, 3.8) is 0 Å². The van der Waals surface area contributed by atoms with Crippen LogP contribution in [0.25, 0.3) is 0 Å². The lowest BCUT2D eigenvalue weighted by molar-refractivity contribution is -0.149. The van der Waals surface area contributed by atoms with Crippen LogP contribution in [0, 0.1) is 11.8 Å². The van der Waals surface area contributed by atoms with Crippen molar-refractivity contribution in [2.45, 2.75) is 39.0 Å². The van der Waals surface area contributed by atoms with Crippen LogP contribution in [0.5, 0.6) is 0 Å². The van der Waals surface area contributed by atoms with E-state index >= 15 is 0 Å². The Morgan fingerprint density at radius 2 is 2.00 bits per heavy atom. The summed E-state index contributed by atoms with van der Waals surface area (Å²) < 4.78 is 4.92. The Bertz CT molecular complexity index is 247. The molecule has 1 aliphatic carbocycles. The molecule has 1 atom stereocenters. The molecular formula is C12H20O3S. The second kappa shape index (κ2) is 6.94. The number of hydrogen-bond donors (Lipinski definition) is 1. The fourth-order valence-electron chi connectivity index (χ4n) is 2.14. The highest BCUT2D eigenvalue weighted by atomic mass is 32.1. The van der Waals surface area contributed by atoms with Crippen LogP contribution in [-0.2, 0) is 14.3 Å². The number of thiol groups is 1. The van der Waals surface area contributed by atoms with Crippen molar-refractivity contribution in [2.75, 3.05) is 12.4 Å². The van der Waals surface area contributed by atoms with Gasteiger partial charge in [-0.3, -0.25) is 9.59 Å². The quantitative estimate of drug-likeness (QED) is 0.575. The molecule has 0 saturated heterocycles. The van der Waals surface area contributed by atoms with Gasteiger partial charge in [0.05, 0.1) is 12.5 Å². The summed E-state index contributed by atoms with van der Waals surface area (Å²) in [5.41, 5.74) is 0. The van der Waals surface area contributed by atoms with E-state index in [0.29, 0.717) is 18.8 Å². The normalized spacial score (nSPS) is 18.4. The summed E-state index contributed by atoms with van der Waals surface area (Å²) in [7, 11) is 0. The maximum Gasteiger partial charge on any atom is 0.310 e. The fourth-order valence-corrected chi connectivity index (χ4v) is 2.42. The molecule has 1 aliphatic rings. The van der Waals surface area contributed by atoms with E-state index in [4.69, 9.17) is 4.74 Å². The Hall–Kier alpha value is -0.510. The first-order valence-electron chi connectivity index (χ1n) is 5.99. The monoisotopic (exact) mass is 244 g/mol. The number of hydrogen-bond acceptors (Lipinski definition) is 4. The number of carbonyl (C=O) groups excluding carboxylic acids is 2. The van der Waals surface area contributed by atoms with Crippen LogP contribution in [0.1, 0.15) is 39.0 Å². The summed E-state index contributed by atoms with van der Waals surface area (Å²) in [5.74, 6) is 0.124. The topological polar surface area (TPSA) is 43.4 Å². The molecule has 1 saturated carbocycles. The molecule has 0 aliphatic heterocycles. The number of Topliss-reactive ketones (excluding diaryl/α,β-unsaturated/α-hetero) is 1. The summed E-state index contributed by atoms with van der Waals surface area (Å²) in [5, 5.41) is 0. The Balaban J connectivity index is 2.42. The highest BCUT2D eigenvalue weighted by Gasteiger charge is 2.28. The molecule has 0 aromatic heterocycles. The molecule has 16 heavy (non-hydrogen) atoms. The molecule has 0 aromatic carbocycles. The van der Waals surface area contributed by atoms with Crippen LogP contribution in [0.3, 0.4) is 0 Å². The Morgan fingerprint density at radius 3 is 2.50 bits per heavy atom. The molecule has 0 spiro atoms. The smallest absolute Gasteiger partial charge is 0.310 e. The van der Waals surface area contributed by atoms with Crippen molar-refractivity contribution in [3.8, 4) is 0 Å². The summed E-state index contributed by atoms with van der Waals surface area (Å²) >= 11 is 4.11. The lowest BCUT2D eigenvalue weighted by atomic mass is 9.94. The van der Waals surface area contributed by atoms with Crippen LogP contribution in [0.4, 0.5) is 0 Å². The Morgan fingerprint density at radius 1 is 1.38 bits per heavy atom. The molecular weight excluding hydrogens is 224 g/mol. The van der Waals surface area contributed by atoms with Crippen LogP contribution in [0.15, 0.2) is 0 Å². The number of esters is 1. The third-order valence-electron chi connectivity index (χ3n) is 3.10. The van der Waals surface area contributed by atoms with Crippen molar-refractivity contribution in [2.24, 2.45) is 11.8 Å². The predicted molar refractivity (Wildman–Crippen MR) is 65.6 cm³/mol. The van der Waals surface area contributed by atoms with E-state index in [1.54, 1.807) is 6.92 Å². The minimum Gasteiger partial charge on any atom is -0.466 e. The van der Waals surface area contributed by atoms with Crippen molar-refractivity contribution in [1.82, 2.24) is 0 Å². The fraction of sp³-hybridized carbons (Fsp3) is 0.833. The summed E-state index contributed by atoms with van der Waals surface area (Å²) in [4.78, 5) is 23.4. The average Bonchev–Trinajstić information content (AvgIpc) is 2.79. The van der Waals surface area contributed by atoms with Gasteiger partial charge in [-0.2, -0.15) is 12.6 Å². The first-order chi connectivity index (χ1) is 7.69. The van der Waals surface area contributed by atoms with Gasteiger partial charge >= 0.3 is 5.97 Å². The van der Waals surface area contributed by atoms with E-state index in [1.165, 1.54) is 0 Å². The van der Waals surface area contributed by atoms with E-state index in [0.717, 1.165) is 25.7 Å². The maximum absolute atomic E-state index is 11.9. The molecule has 92 valence electrons. The van der Waals surface area contributed by atoms with Gasteiger partial charge in [0.15, 0.2) is 0 Å². The Labute approximate surface area is 102 Å². The molecule has 3 nitrogen and oxygen atoms in total. The van der Waals surface area contributed by atoms with E-state index in [-0.39, 0.29) is 23.6 Å². The third-order valence-corrected chi connectivity index (χ3v) is 3.54. The zero-order valence-electron chi connectivity index (χ0n) is 9.78. The molecule has 1 fully saturated rings. The average molecular weight is 244 g/mol. The van der Waals surface area contributed by atoms with Gasteiger partial charge in [0.1, 0.15) is 5.78 Å². The molecule has 0 bridgehead atoms. The lowest BCUT2D eigenvalue weighted by Crippen LogP contribution is -2.25. The minimum absolute atomic E-state index is 0.178. The molecule has 0 N–H and O–H groups in total. The molecule has 0 heterocycles. The Kier molecular flexibility index (Phi) is 5.88. The van der Waals surface area contributed by atoms with Crippen molar-refractivity contribution in [3.05, 3.63) is 0 Å². The summed E-state index contributed by atoms with van der Waals surface area (Å²) in [6, 6.07) is 0. The molecule has 1 rings (SSSR count). The molecule has 4 heteroatoms. The summed E-state index contributed by atoms with van der Waals surface area (Å²) in [6.45, 7) is 2.13. The van der Waals surface area contributed by atoms with E-state index in [9.17, 15) is 9.59 Å². The first-order valence-corrected chi connectivity index (χ1v) is 6.62. The second-order valence-corrected chi connectivity index (χ2v) is 4.65. The highest BCUT2D eigenvalue weighted by Crippen LogP contribution is 2.27. The third kappa shape index (κ3) is 3.81. The van der Waals surface area contributed by atoms with Gasteiger partial charge in [0.25, 0.3) is 0 Å². The van der Waals surface area contributed by atoms with E-state index in [2.05, 4.69) is 12.6 Å². The number of rotatable bonds is 6. The van der Waals surface area contributed by atoms with E-state index in [1.807, 2.05) is 0 Å². The lowest BCUT2D eigenvalue weighted by Gasteiger charge is -2.14. The highest BCUT2D eigenvalue weighted by molar-refractivity contribution is 7.80. The standard InChI is InChI=1S/C12H20O3S/c1-2-15-12(14)10(8-16)7-11(13)9-5-3-4-6-9/h9-10,16H,2-8H2,1H3. The number of ketones is 1. The van der Waals surface area contributed by atoms with Gasteiger partial charge in [-0.05, 0) is 19.8 Å². The van der Waals surface area contributed by atoms with Crippen molar-refractivity contribution < 1.29 is 14.3 Å². The van der Waals surface area contributed by atoms with Crippen LogP contribution < -0.4 is 0 Å². The zero-order chi connectivity index (χ0) is 12.0. The predicted octanol–water partition coefficient (Wildman–Crippen LogP) is 2.24. The zero-order valence-corrected chi connectivity index (χ0v) is 10.7. The van der Waals surface area contributed by atoms with Gasteiger partial charge in [0, 0.05) is 18.1 Å². The van der Waals surface area contributed by atoms with Crippen LogP contribution >= 0.6 is 12.6 Å². The van der Waals surface area contributed by atoms with Gasteiger partial charge in [0.2, 0.25) is 0 Å². The van der Waals surface area contributed by atoms with Gasteiger partial charge in [-0.25, -0.2) is 0 Å². The van der Waals surface area contributed by atoms with Crippen molar-refractivity contribution in [1.29, 1.82) is 0 Å². The molecule has 0 amide bonds. The van der Waals surface area contributed by atoms with Gasteiger partial charge in [-0.1, -0.05) is 12.8 Å².